The van der Waals surface area contributed by atoms with Crippen molar-refractivity contribution < 1.29 is 50.7 Å². The summed E-state index contributed by atoms with van der Waals surface area (Å²) in [7, 11) is 0.135. The van der Waals surface area contributed by atoms with Crippen LogP contribution in [0.1, 0.15) is 53.3 Å². The fourth-order valence-corrected chi connectivity index (χ4v) is 7.69. The topological polar surface area (TPSA) is 126 Å². The first kappa shape index (κ1) is 36.6. The number of methoxy groups -OCH3 is 1. The first-order chi connectivity index (χ1) is 23.3. The van der Waals surface area contributed by atoms with Crippen molar-refractivity contribution in [2.45, 2.75) is 55.8 Å². The molecule has 11 nitrogen and oxygen atoms in total. The molecule has 3 aromatic rings. The van der Waals surface area contributed by atoms with E-state index in [-0.39, 0.29) is 57.1 Å². The van der Waals surface area contributed by atoms with Gasteiger partial charge in [0.2, 0.25) is 10.0 Å². The predicted octanol–water partition coefficient (Wildman–Crippen LogP) is 5.59. The van der Waals surface area contributed by atoms with Crippen molar-refractivity contribution in [2.24, 2.45) is 5.92 Å². The summed E-state index contributed by atoms with van der Waals surface area (Å²) in [6.07, 6.45) is 4.32. The van der Waals surface area contributed by atoms with Crippen LogP contribution in [-0.2, 0) is 26.0 Å². The fraction of sp³-hybridized carbons (Fsp3) is 0.424. The summed E-state index contributed by atoms with van der Waals surface area (Å²) in [6, 6.07) is 6.94. The summed E-state index contributed by atoms with van der Waals surface area (Å²) in [4.78, 5) is 30.7. The van der Waals surface area contributed by atoms with Gasteiger partial charge in [-0.05, 0) is 67.5 Å². The molecule has 16 heteroatoms. The van der Waals surface area contributed by atoms with Crippen molar-refractivity contribution in [3.8, 4) is 17.2 Å². The van der Waals surface area contributed by atoms with E-state index in [1.807, 2.05) is 0 Å². The molecule has 1 saturated carbocycles. The Kier molecular flexibility index (Phi) is 11.5. The van der Waals surface area contributed by atoms with Crippen LogP contribution in [-0.4, -0.2) is 76.5 Å². The molecule has 0 unspecified atom stereocenters. The van der Waals surface area contributed by atoms with Gasteiger partial charge in [0.1, 0.15) is 27.9 Å². The van der Waals surface area contributed by atoms with E-state index in [1.54, 1.807) is 0 Å². The Balaban J connectivity index is 1.47. The molecule has 1 amide bonds. The minimum atomic E-state index is -4.29. The second kappa shape index (κ2) is 15.4. The Morgan fingerprint density at radius 3 is 2.35 bits per heavy atom. The van der Waals surface area contributed by atoms with E-state index in [0.29, 0.717) is 30.1 Å². The smallest absolute Gasteiger partial charge is 0.387 e. The Bertz CT molecular complexity index is 1790. The van der Waals surface area contributed by atoms with Crippen molar-refractivity contribution in [2.75, 3.05) is 34.4 Å². The quantitative estimate of drug-likeness (QED) is 0.196. The number of hydrogen-bond acceptors (Lipinski definition) is 8. The number of H-pyrrole nitrogens is 1. The van der Waals surface area contributed by atoms with Crippen LogP contribution in [0.3, 0.4) is 0 Å². The number of aromatic nitrogens is 1. The van der Waals surface area contributed by atoms with Gasteiger partial charge in [0.25, 0.3) is 5.91 Å². The van der Waals surface area contributed by atoms with Gasteiger partial charge in [0.15, 0.2) is 23.9 Å². The van der Waals surface area contributed by atoms with E-state index in [1.165, 1.54) is 74.9 Å². The van der Waals surface area contributed by atoms with E-state index in [2.05, 4.69) is 9.72 Å². The monoisotopic (exact) mass is 742 g/mol. The molecule has 2 heterocycles. The van der Waals surface area contributed by atoms with Crippen LogP contribution >= 0.6 is 23.2 Å². The second-order valence-corrected chi connectivity index (χ2v) is 14.6. The molecule has 0 bridgehead atoms. The number of carbonyl (C=O) groups excluding carboxylic acids is 2. The molecule has 0 radical (unpaired) electrons. The van der Waals surface area contributed by atoms with Gasteiger partial charge < -0.3 is 23.8 Å². The molecule has 1 aromatic heterocycles. The lowest BCUT2D eigenvalue weighted by Crippen LogP contribution is -2.42. The van der Waals surface area contributed by atoms with Gasteiger partial charge in [0.05, 0.1) is 24.2 Å². The van der Waals surface area contributed by atoms with Crippen molar-refractivity contribution >= 4 is 45.1 Å². The number of benzene rings is 2. The van der Waals surface area contributed by atoms with Crippen molar-refractivity contribution in [3.63, 3.8) is 0 Å². The summed E-state index contributed by atoms with van der Waals surface area (Å²) in [6.45, 7) is -2.78. The number of ether oxygens (including phenoxy) is 4. The van der Waals surface area contributed by atoms with Crippen LogP contribution in [0, 0.1) is 5.92 Å². The summed E-state index contributed by atoms with van der Waals surface area (Å²) in [5, 5.41) is 0.508. The zero-order valence-electron chi connectivity index (χ0n) is 27.0. The fourth-order valence-electron chi connectivity index (χ4n) is 5.48. The number of halogens is 4. The number of alkyl halides is 2. The standard InChI is InChI=1S/C33H35Cl2F2N3O8S/c1-39(2)31(41)23-14-21(9-11-27(23)45-3)49(43,44)40-12-4-5-26(40)32(42)47-29(15-22-24(34)16-38-17-25(22)35)20-8-10-28(48-33(36)37)30(13-20)46-18-19-6-7-19/h8-11,13-14,16-17,19,26,29,33H,4-7,12,15,18H2,1-3H3/p+1/t26-,29-/m0/s1. The van der Waals surface area contributed by atoms with Gasteiger partial charge in [-0.1, -0.05) is 29.3 Å². The highest BCUT2D eigenvalue weighted by Crippen LogP contribution is 2.39. The third kappa shape index (κ3) is 8.54. The van der Waals surface area contributed by atoms with Gasteiger partial charge in [-0.15, -0.1) is 0 Å². The number of carbonyl (C=O) groups is 2. The minimum absolute atomic E-state index is 0.0285. The number of hydrogen-bond donors (Lipinski definition) is 0. The molecular formula is C33H36Cl2F2N3O8S+. The Labute approximate surface area is 293 Å². The predicted molar refractivity (Wildman–Crippen MR) is 175 cm³/mol. The van der Waals surface area contributed by atoms with Gasteiger partial charge in [-0.3, -0.25) is 9.59 Å². The molecule has 2 fully saturated rings. The summed E-state index contributed by atoms with van der Waals surface area (Å²) < 4.78 is 77.3. The maximum Gasteiger partial charge on any atom is 0.387 e. The molecule has 264 valence electrons. The van der Waals surface area contributed by atoms with Crippen LogP contribution in [0.15, 0.2) is 53.7 Å². The van der Waals surface area contributed by atoms with Crippen LogP contribution in [0.5, 0.6) is 17.2 Å². The third-order valence-electron chi connectivity index (χ3n) is 8.26. The number of nitrogens with one attached hydrogen (secondary N) is 1. The highest BCUT2D eigenvalue weighted by molar-refractivity contribution is 7.89. The number of pyridine rings is 1. The molecule has 5 rings (SSSR count). The number of nitrogens with zero attached hydrogens (tertiary/aromatic N) is 2. The van der Waals surface area contributed by atoms with Crippen molar-refractivity contribution in [1.29, 1.82) is 0 Å². The van der Waals surface area contributed by atoms with Gasteiger partial charge in [-0.25, -0.2) is 13.4 Å². The van der Waals surface area contributed by atoms with Crippen LogP contribution in [0.2, 0.25) is 10.0 Å². The molecule has 0 spiro atoms. The largest absolute Gasteiger partial charge is 0.496 e. The molecule has 49 heavy (non-hydrogen) atoms. The molecule has 2 aromatic carbocycles. The maximum atomic E-state index is 14.0. The number of amides is 1. The average Bonchev–Trinajstić information content (AvgIpc) is 3.76. The lowest BCUT2D eigenvalue weighted by atomic mass is 10.0. The van der Waals surface area contributed by atoms with E-state index >= 15 is 0 Å². The SMILES string of the molecule is COc1ccc(S(=O)(=O)N2CCC[C@H]2C(=O)O[C@@H](Cc2c(Cl)c[nH+]cc2Cl)c2ccc(OC(F)F)c(OCC3CC3)c2)cc1C(=O)N(C)C. The van der Waals surface area contributed by atoms with E-state index < -0.39 is 40.7 Å². The summed E-state index contributed by atoms with van der Waals surface area (Å²) >= 11 is 12.9. The summed E-state index contributed by atoms with van der Waals surface area (Å²) in [5.41, 5.74) is 0.829. The zero-order chi connectivity index (χ0) is 35.5. The minimum Gasteiger partial charge on any atom is -0.496 e. The first-order valence-corrected chi connectivity index (χ1v) is 17.7. The van der Waals surface area contributed by atoms with E-state index in [9.17, 15) is 26.8 Å². The zero-order valence-corrected chi connectivity index (χ0v) is 29.3. The molecular weight excluding hydrogens is 707 g/mol. The average molecular weight is 744 g/mol. The molecule has 1 aliphatic carbocycles. The Morgan fingerprint density at radius 2 is 1.71 bits per heavy atom. The molecule has 1 aliphatic heterocycles. The van der Waals surface area contributed by atoms with E-state index in [4.69, 9.17) is 37.4 Å². The number of aromatic amines is 1. The van der Waals surface area contributed by atoms with Gasteiger partial charge in [-0.2, -0.15) is 13.1 Å². The molecule has 1 saturated heterocycles. The lowest BCUT2D eigenvalue weighted by Gasteiger charge is -2.26. The number of esters is 1. The second-order valence-electron chi connectivity index (χ2n) is 11.9. The number of sulfonamides is 1. The van der Waals surface area contributed by atoms with Gasteiger partial charge >= 0.3 is 12.6 Å². The van der Waals surface area contributed by atoms with Gasteiger partial charge in [0, 0.05) is 32.6 Å². The Hall–Kier alpha value is -3.72. The Morgan fingerprint density at radius 1 is 1.02 bits per heavy atom. The molecule has 2 aliphatic rings. The van der Waals surface area contributed by atoms with Crippen LogP contribution in [0.4, 0.5) is 8.78 Å². The van der Waals surface area contributed by atoms with E-state index in [0.717, 1.165) is 17.1 Å². The highest BCUT2D eigenvalue weighted by atomic mass is 35.5. The first-order valence-electron chi connectivity index (χ1n) is 15.5. The summed E-state index contributed by atoms with van der Waals surface area (Å²) in [5.74, 6) is -0.957. The van der Waals surface area contributed by atoms with Crippen LogP contribution in [0.25, 0.3) is 0 Å². The maximum absolute atomic E-state index is 14.0. The number of rotatable bonds is 14. The lowest BCUT2D eigenvalue weighted by molar-refractivity contribution is -0.377. The molecule has 2 atom stereocenters. The molecule has 1 N–H and O–H groups in total. The van der Waals surface area contributed by atoms with Crippen molar-refractivity contribution in [3.05, 3.63) is 75.5 Å². The van der Waals surface area contributed by atoms with Crippen LogP contribution < -0.4 is 19.2 Å². The normalized spacial score (nSPS) is 17.1. The highest BCUT2D eigenvalue weighted by Gasteiger charge is 2.42. The third-order valence-corrected chi connectivity index (χ3v) is 10.8. The van der Waals surface area contributed by atoms with Crippen molar-refractivity contribution in [1.82, 2.24) is 9.21 Å².